The van der Waals surface area contributed by atoms with Gasteiger partial charge in [-0.2, -0.15) is 0 Å². The summed E-state index contributed by atoms with van der Waals surface area (Å²) in [4.78, 5) is 0. The van der Waals surface area contributed by atoms with E-state index in [1.54, 1.807) is 0 Å². The van der Waals surface area contributed by atoms with Crippen molar-refractivity contribution >= 4 is 0 Å². The van der Waals surface area contributed by atoms with E-state index in [1.165, 1.54) is 0 Å². The molecule has 0 bridgehead atoms. The topological polar surface area (TPSA) is 27.7 Å². The third kappa shape index (κ3) is 2.52. The SMILES string of the molecule is CCCOc1cc(C)c(C2(C)OCCO2)cc1C. The van der Waals surface area contributed by atoms with E-state index >= 15 is 0 Å². The average Bonchev–Trinajstić information content (AvgIpc) is 2.78. The first-order valence-corrected chi connectivity index (χ1v) is 6.59. The Kier molecular flexibility index (Phi) is 3.93. The molecule has 0 saturated carbocycles. The van der Waals surface area contributed by atoms with Crippen molar-refractivity contribution in [1.29, 1.82) is 0 Å². The molecule has 1 heterocycles. The Bertz CT molecular complexity index is 420. The Hall–Kier alpha value is -1.06. The highest BCUT2D eigenvalue weighted by Gasteiger charge is 2.34. The summed E-state index contributed by atoms with van der Waals surface area (Å²) in [6.07, 6.45) is 1.02. The fraction of sp³-hybridized carbons (Fsp3) is 0.600. The summed E-state index contributed by atoms with van der Waals surface area (Å²) in [5, 5.41) is 0. The molecule has 3 nitrogen and oxygen atoms in total. The van der Waals surface area contributed by atoms with Gasteiger partial charge in [0, 0.05) is 5.56 Å². The molecule has 0 amide bonds. The summed E-state index contributed by atoms with van der Waals surface area (Å²) in [6.45, 7) is 10.3. The smallest absolute Gasteiger partial charge is 0.192 e. The number of benzene rings is 1. The maximum Gasteiger partial charge on any atom is 0.192 e. The minimum atomic E-state index is -0.599. The number of hydrogen-bond acceptors (Lipinski definition) is 3. The van der Waals surface area contributed by atoms with Gasteiger partial charge in [0.2, 0.25) is 0 Å². The second-order valence-corrected chi connectivity index (χ2v) is 4.92. The molecule has 0 N–H and O–H groups in total. The summed E-state index contributed by atoms with van der Waals surface area (Å²) >= 11 is 0. The number of aryl methyl sites for hydroxylation is 2. The van der Waals surface area contributed by atoms with Crippen molar-refractivity contribution in [3.63, 3.8) is 0 Å². The lowest BCUT2D eigenvalue weighted by atomic mass is 9.98. The Balaban J connectivity index is 2.30. The Morgan fingerprint density at radius 1 is 1.17 bits per heavy atom. The standard InChI is InChI=1S/C15H22O3/c1-5-6-16-14-10-11(2)13(9-12(14)3)15(4)17-7-8-18-15/h9-10H,5-8H2,1-4H3. The third-order valence-electron chi connectivity index (χ3n) is 3.31. The highest BCUT2D eigenvalue weighted by molar-refractivity contribution is 5.43. The van der Waals surface area contributed by atoms with Crippen LogP contribution in [0.1, 0.15) is 37.0 Å². The van der Waals surface area contributed by atoms with E-state index in [4.69, 9.17) is 14.2 Å². The van der Waals surface area contributed by atoms with Crippen molar-refractivity contribution in [2.45, 2.75) is 39.9 Å². The Labute approximate surface area is 109 Å². The van der Waals surface area contributed by atoms with Crippen LogP contribution in [-0.2, 0) is 15.3 Å². The lowest BCUT2D eigenvalue weighted by molar-refractivity contribution is -0.150. The summed E-state index contributed by atoms with van der Waals surface area (Å²) in [5.74, 6) is 0.359. The van der Waals surface area contributed by atoms with Crippen LogP contribution in [0, 0.1) is 13.8 Å². The molecule has 1 saturated heterocycles. The van der Waals surface area contributed by atoms with Crippen molar-refractivity contribution in [1.82, 2.24) is 0 Å². The van der Waals surface area contributed by atoms with Crippen LogP contribution < -0.4 is 4.74 Å². The van der Waals surface area contributed by atoms with E-state index in [0.717, 1.165) is 35.5 Å². The van der Waals surface area contributed by atoms with Crippen LogP contribution in [0.2, 0.25) is 0 Å². The highest BCUT2D eigenvalue weighted by Crippen LogP contribution is 2.36. The fourth-order valence-electron chi connectivity index (χ4n) is 2.32. The molecule has 0 radical (unpaired) electrons. The molecule has 1 aliphatic heterocycles. The molecule has 100 valence electrons. The van der Waals surface area contributed by atoms with Crippen LogP contribution in [0.3, 0.4) is 0 Å². The molecule has 0 aromatic heterocycles. The van der Waals surface area contributed by atoms with Crippen molar-refractivity contribution in [3.05, 3.63) is 28.8 Å². The first-order valence-electron chi connectivity index (χ1n) is 6.59. The lowest BCUT2D eigenvalue weighted by Gasteiger charge is -2.26. The molecule has 18 heavy (non-hydrogen) atoms. The number of hydrogen-bond donors (Lipinski definition) is 0. The fourth-order valence-corrected chi connectivity index (χ4v) is 2.32. The first-order chi connectivity index (χ1) is 8.57. The molecule has 0 atom stereocenters. The molecule has 1 fully saturated rings. The van der Waals surface area contributed by atoms with E-state index in [2.05, 4.69) is 32.9 Å². The second kappa shape index (κ2) is 5.29. The van der Waals surface area contributed by atoms with Gasteiger partial charge in [-0.3, -0.25) is 0 Å². The number of rotatable bonds is 4. The zero-order valence-corrected chi connectivity index (χ0v) is 11.7. The van der Waals surface area contributed by atoms with Gasteiger partial charge in [0.15, 0.2) is 5.79 Å². The molecule has 0 spiro atoms. The van der Waals surface area contributed by atoms with E-state index in [1.807, 2.05) is 6.92 Å². The second-order valence-electron chi connectivity index (χ2n) is 4.92. The first kappa shape index (κ1) is 13.4. The summed E-state index contributed by atoms with van der Waals surface area (Å²) in [5.41, 5.74) is 3.38. The van der Waals surface area contributed by atoms with E-state index in [9.17, 15) is 0 Å². The summed E-state index contributed by atoms with van der Waals surface area (Å²) in [6, 6.07) is 4.20. The van der Waals surface area contributed by atoms with Gasteiger partial charge in [-0.15, -0.1) is 0 Å². The minimum Gasteiger partial charge on any atom is -0.493 e. The van der Waals surface area contributed by atoms with Gasteiger partial charge >= 0.3 is 0 Å². The molecular weight excluding hydrogens is 228 g/mol. The Morgan fingerprint density at radius 3 is 2.44 bits per heavy atom. The van der Waals surface area contributed by atoms with Crippen LogP contribution in [0.4, 0.5) is 0 Å². The predicted octanol–water partition coefficient (Wildman–Crippen LogP) is 3.31. The average molecular weight is 250 g/mol. The lowest BCUT2D eigenvalue weighted by Crippen LogP contribution is -2.23. The quantitative estimate of drug-likeness (QED) is 0.820. The van der Waals surface area contributed by atoms with Crippen LogP contribution in [0.15, 0.2) is 12.1 Å². The zero-order valence-electron chi connectivity index (χ0n) is 11.7. The van der Waals surface area contributed by atoms with E-state index < -0.39 is 5.79 Å². The van der Waals surface area contributed by atoms with Crippen LogP contribution in [-0.4, -0.2) is 19.8 Å². The van der Waals surface area contributed by atoms with Gasteiger partial charge in [0.1, 0.15) is 5.75 Å². The maximum absolute atomic E-state index is 5.74. The van der Waals surface area contributed by atoms with Crippen LogP contribution in [0.5, 0.6) is 5.75 Å². The van der Waals surface area contributed by atoms with Gasteiger partial charge in [0.25, 0.3) is 0 Å². The third-order valence-corrected chi connectivity index (χ3v) is 3.31. The van der Waals surface area contributed by atoms with Gasteiger partial charge in [0.05, 0.1) is 19.8 Å². The van der Waals surface area contributed by atoms with Crippen molar-refractivity contribution in [2.75, 3.05) is 19.8 Å². The van der Waals surface area contributed by atoms with Crippen LogP contribution >= 0.6 is 0 Å². The van der Waals surface area contributed by atoms with Gasteiger partial charge < -0.3 is 14.2 Å². The molecular formula is C15H22O3. The van der Waals surface area contributed by atoms with Crippen LogP contribution in [0.25, 0.3) is 0 Å². The molecule has 2 rings (SSSR count). The monoisotopic (exact) mass is 250 g/mol. The van der Waals surface area contributed by atoms with Crippen molar-refractivity contribution < 1.29 is 14.2 Å². The van der Waals surface area contributed by atoms with E-state index in [-0.39, 0.29) is 0 Å². The minimum absolute atomic E-state index is 0.599. The molecule has 1 aromatic carbocycles. The number of ether oxygens (including phenoxy) is 3. The van der Waals surface area contributed by atoms with Gasteiger partial charge in [-0.25, -0.2) is 0 Å². The summed E-state index contributed by atoms with van der Waals surface area (Å²) in [7, 11) is 0. The molecule has 0 aliphatic carbocycles. The van der Waals surface area contributed by atoms with Crippen molar-refractivity contribution in [2.24, 2.45) is 0 Å². The largest absolute Gasteiger partial charge is 0.493 e. The molecule has 1 aromatic rings. The van der Waals surface area contributed by atoms with E-state index in [0.29, 0.717) is 13.2 Å². The highest BCUT2D eigenvalue weighted by atomic mass is 16.7. The maximum atomic E-state index is 5.74. The zero-order chi connectivity index (χ0) is 13.2. The normalized spacial score (nSPS) is 18.0. The van der Waals surface area contributed by atoms with Gasteiger partial charge in [-0.05, 0) is 50.5 Å². The molecule has 3 heteroatoms. The van der Waals surface area contributed by atoms with Crippen molar-refractivity contribution in [3.8, 4) is 5.75 Å². The molecule has 1 aliphatic rings. The molecule has 0 unspecified atom stereocenters. The summed E-state index contributed by atoms with van der Waals surface area (Å²) < 4.78 is 17.2. The van der Waals surface area contributed by atoms with Gasteiger partial charge in [-0.1, -0.05) is 6.92 Å². The predicted molar refractivity (Wildman–Crippen MR) is 71.0 cm³/mol. The Morgan fingerprint density at radius 2 is 1.83 bits per heavy atom.